The molecule has 0 saturated heterocycles. The van der Waals surface area contributed by atoms with E-state index >= 15 is 0 Å². The van der Waals surface area contributed by atoms with Crippen molar-refractivity contribution in [3.63, 3.8) is 0 Å². The number of benzene rings is 1. The van der Waals surface area contributed by atoms with Gasteiger partial charge in [0, 0.05) is 12.2 Å². The molecule has 0 radical (unpaired) electrons. The number of nitrogens with zero attached hydrogens (tertiary/aromatic N) is 2. The lowest BCUT2D eigenvalue weighted by molar-refractivity contribution is -0.116. The van der Waals surface area contributed by atoms with Crippen molar-refractivity contribution in [2.75, 3.05) is 17.7 Å². The Hall–Kier alpha value is -1.60. The van der Waals surface area contributed by atoms with Crippen molar-refractivity contribution in [1.82, 2.24) is 10.2 Å². The predicted octanol–water partition coefficient (Wildman–Crippen LogP) is 4.79. The summed E-state index contributed by atoms with van der Waals surface area (Å²) in [5.41, 5.74) is 1.29. The zero-order valence-corrected chi connectivity index (χ0v) is 16.4. The molecule has 25 heavy (non-hydrogen) atoms. The fourth-order valence-corrected chi connectivity index (χ4v) is 3.97. The quantitative estimate of drug-likeness (QED) is 0.345. The van der Waals surface area contributed by atoms with Crippen molar-refractivity contribution in [3.05, 3.63) is 29.8 Å². The first-order valence-electron chi connectivity index (χ1n) is 8.69. The van der Waals surface area contributed by atoms with Gasteiger partial charge in [0.1, 0.15) is 5.75 Å². The van der Waals surface area contributed by atoms with Crippen LogP contribution in [0.2, 0.25) is 0 Å². The van der Waals surface area contributed by atoms with E-state index in [1.54, 1.807) is 11.8 Å². The van der Waals surface area contributed by atoms with Crippen molar-refractivity contribution >= 4 is 34.1 Å². The number of rotatable bonds is 11. The number of aromatic nitrogens is 2. The predicted molar refractivity (Wildman–Crippen MR) is 105 cm³/mol. The summed E-state index contributed by atoms with van der Waals surface area (Å²) in [6.45, 7) is 4.81. The van der Waals surface area contributed by atoms with E-state index in [-0.39, 0.29) is 5.91 Å². The van der Waals surface area contributed by atoms with Crippen LogP contribution in [-0.4, -0.2) is 28.5 Å². The Morgan fingerprint density at radius 3 is 2.72 bits per heavy atom. The molecule has 0 aliphatic rings. The van der Waals surface area contributed by atoms with Crippen molar-refractivity contribution < 1.29 is 9.53 Å². The average Bonchev–Trinajstić information content (AvgIpc) is 3.06. The summed E-state index contributed by atoms with van der Waals surface area (Å²) in [5.74, 6) is 1.83. The van der Waals surface area contributed by atoms with Crippen LogP contribution in [0.25, 0.3) is 0 Å². The lowest BCUT2D eigenvalue weighted by Crippen LogP contribution is -2.12. The van der Waals surface area contributed by atoms with Crippen LogP contribution >= 0.6 is 23.1 Å². The van der Waals surface area contributed by atoms with Crippen LogP contribution in [0.1, 0.15) is 45.1 Å². The SMILES string of the molecule is CCCCSc1nnc(NC(=O)CCCOc2ccc(CC)cc2)s1. The van der Waals surface area contributed by atoms with Gasteiger partial charge in [-0.05, 0) is 37.0 Å². The molecule has 1 N–H and O–H groups in total. The minimum Gasteiger partial charge on any atom is -0.494 e. The maximum absolute atomic E-state index is 11.9. The molecule has 0 fully saturated rings. The van der Waals surface area contributed by atoms with Crippen LogP contribution in [-0.2, 0) is 11.2 Å². The van der Waals surface area contributed by atoms with Crippen LogP contribution in [0.4, 0.5) is 5.13 Å². The van der Waals surface area contributed by atoms with Gasteiger partial charge in [0.05, 0.1) is 6.61 Å². The topological polar surface area (TPSA) is 64.1 Å². The van der Waals surface area contributed by atoms with Gasteiger partial charge in [-0.3, -0.25) is 4.79 Å². The van der Waals surface area contributed by atoms with Crippen molar-refractivity contribution in [2.24, 2.45) is 0 Å². The summed E-state index contributed by atoms with van der Waals surface area (Å²) in [4.78, 5) is 11.9. The van der Waals surface area contributed by atoms with Crippen LogP contribution in [0.5, 0.6) is 5.75 Å². The molecule has 0 aliphatic heterocycles. The third kappa shape index (κ3) is 7.44. The monoisotopic (exact) mass is 379 g/mol. The van der Waals surface area contributed by atoms with Crippen molar-refractivity contribution in [2.45, 2.75) is 50.3 Å². The second-order valence-electron chi connectivity index (χ2n) is 5.57. The molecule has 1 aromatic heterocycles. The molecule has 7 heteroatoms. The van der Waals surface area contributed by atoms with Gasteiger partial charge in [0.25, 0.3) is 0 Å². The molecule has 0 bridgehead atoms. The first-order chi connectivity index (χ1) is 12.2. The highest BCUT2D eigenvalue weighted by Gasteiger charge is 2.08. The van der Waals surface area contributed by atoms with Crippen LogP contribution < -0.4 is 10.1 Å². The van der Waals surface area contributed by atoms with Gasteiger partial charge in [0.15, 0.2) is 4.34 Å². The molecule has 0 unspecified atom stereocenters. The largest absolute Gasteiger partial charge is 0.494 e. The highest BCUT2D eigenvalue weighted by molar-refractivity contribution is 8.01. The zero-order chi connectivity index (χ0) is 17.9. The summed E-state index contributed by atoms with van der Waals surface area (Å²) >= 11 is 3.12. The zero-order valence-electron chi connectivity index (χ0n) is 14.8. The highest BCUT2D eigenvalue weighted by Crippen LogP contribution is 2.26. The molecule has 2 aromatic rings. The number of anilines is 1. The summed E-state index contributed by atoms with van der Waals surface area (Å²) < 4.78 is 6.56. The molecule has 0 spiro atoms. The van der Waals surface area contributed by atoms with Crippen molar-refractivity contribution in [3.8, 4) is 5.75 Å². The van der Waals surface area contributed by atoms with E-state index in [4.69, 9.17) is 4.74 Å². The van der Waals surface area contributed by atoms with Crippen LogP contribution in [0, 0.1) is 0 Å². The molecule has 0 atom stereocenters. The Balaban J connectivity index is 1.63. The van der Waals surface area contributed by atoms with E-state index < -0.39 is 0 Å². The Morgan fingerprint density at radius 2 is 2.00 bits per heavy atom. The van der Waals surface area contributed by atoms with Gasteiger partial charge in [0.2, 0.25) is 11.0 Å². The van der Waals surface area contributed by atoms with Gasteiger partial charge in [-0.15, -0.1) is 10.2 Å². The fourth-order valence-electron chi connectivity index (χ4n) is 2.05. The summed E-state index contributed by atoms with van der Waals surface area (Å²) in [6, 6.07) is 8.07. The molecule has 1 heterocycles. The van der Waals surface area contributed by atoms with Gasteiger partial charge in [-0.2, -0.15) is 0 Å². The lowest BCUT2D eigenvalue weighted by atomic mass is 10.2. The van der Waals surface area contributed by atoms with Gasteiger partial charge < -0.3 is 10.1 Å². The minimum absolute atomic E-state index is 0.0498. The first kappa shape index (κ1) is 19.7. The molecule has 2 rings (SSSR count). The highest BCUT2D eigenvalue weighted by atomic mass is 32.2. The number of hydrogen-bond donors (Lipinski definition) is 1. The molecule has 136 valence electrons. The summed E-state index contributed by atoms with van der Waals surface area (Å²) in [6.07, 6.45) is 4.42. The van der Waals surface area contributed by atoms with Crippen LogP contribution in [0.3, 0.4) is 0 Å². The lowest BCUT2D eigenvalue weighted by Gasteiger charge is -2.06. The van der Waals surface area contributed by atoms with E-state index in [0.29, 0.717) is 24.6 Å². The van der Waals surface area contributed by atoms with Gasteiger partial charge >= 0.3 is 0 Å². The van der Waals surface area contributed by atoms with E-state index in [1.165, 1.54) is 23.3 Å². The fraction of sp³-hybridized carbons (Fsp3) is 0.500. The number of carbonyl (C=O) groups is 1. The number of unbranched alkanes of at least 4 members (excludes halogenated alkanes) is 1. The van der Waals surface area contributed by atoms with Gasteiger partial charge in [-0.25, -0.2) is 0 Å². The Kier molecular flexibility index (Phi) is 8.76. The second-order valence-corrected chi connectivity index (χ2v) is 7.89. The molecule has 1 aromatic carbocycles. The number of carbonyl (C=O) groups excluding carboxylic acids is 1. The Morgan fingerprint density at radius 1 is 1.20 bits per heavy atom. The molecular formula is C18H25N3O2S2. The second kappa shape index (κ2) is 11.1. The van der Waals surface area contributed by atoms with Crippen LogP contribution in [0.15, 0.2) is 28.6 Å². The van der Waals surface area contributed by atoms with E-state index in [2.05, 4.69) is 41.5 Å². The Bertz CT molecular complexity index is 644. The molecule has 0 saturated carbocycles. The molecular weight excluding hydrogens is 354 g/mol. The smallest absolute Gasteiger partial charge is 0.226 e. The number of thioether (sulfide) groups is 1. The third-order valence-electron chi connectivity index (χ3n) is 3.52. The molecule has 0 aliphatic carbocycles. The molecule has 5 nitrogen and oxygen atoms in total. The summed E-state index contributed by atoms with van der Waals surface area (Å²) in [5, 5.41) is 11.5. The van der Waals surface area contributed by atoms with E-state index in [9.17, 15) is 4.79 Å². The maximum Gasteiger partial charge on any atom is 0.226 e. The van der Waals surface area contributed by atoms with E-state index in [0.717, 1.165) is 28.7 Å². The maximum atomic E-state index is 11.9. The third-order valence-corrected chi connectivity index (χ3v) is 5.58. The first-order valence-corrected chi connectivity index (χ1v) is 10.5. The number of aryl methyl sites for hydroxylation is 1. The van der Waals surface area contributed by atoms with E-state index in [1.807, 2.05) is 12.1 Å². The number of ether oxygens (including phenoxy) is 1. The normalized spacial score (nSPS) is 10.6. The Labute approximate surface area is 157 Å². The molecule has 1 amide bonds. The standard InChI is InChI=1S/C18H25N3O2S2/c1-3-5-13-24-18-21-20-17(25-18)19-16(22)7-6-12-23-15-10-8-14(4-2)9-11-15/h8-11H,3-7,12-13H2,1-2H3,(H,19,20,22). The number of amides is 1. The van der Waals surface area contributed by atoms with Crippen molar-refractivity contribution in [1.29, 1.82) is 0 Å². The average molecular weight is 380 g/mol. The van der Waals surface area contributed by atoms with Gasteiger partial charge in [-0.1, -0.05) is 55.5 Å². The summed E-state index contributed by atoms with van der Waals surface area (Å²) in [7, 11) is 0. The minimum atomic E-state index is -0.0498. The number of hydrogen-bond acceptors (Lipinski definition) is 6. The number of nitrogens with one attached hydrogen (secondary N) is 1.